The van der Waals surface area contributed by atoms with Crippen molar-refractivity contribution in [1.82, 2.24) is 5.32 Å². The Labute approximate surface area is 193 Å². The number of fused-ring (bicyclic) bond motifs is 1. The molecule has 1 amide bonds. The van der Waals surface area contributed by atoms with E-state index in [1.54, 1.807) is 31.2 Å². The van der Waals surface area contributed by atoms with Gasteiger partial charge in [-0.1, -0.05) is 12.1 Å². The second-order valence-corrected chi connectivity index (χ2v) is 7.08. The first kappa shape index (κ1) is 24.2. The van der Waals surface area contributed by atoms with Gasteiger partial charge < -0.3 is 23.9 Å². The topological polar surface area (TPSA) is 147 Å². The molecule has 3 aromatic rings. The molecule has 1 aromatic heterocycles. The summed E-state index contributed by atoms with van der Waals surface area (Å²) in [5, 5.41) is 14.0. The maximum absolute atomic E-state index is 13.0. The van der Waals surface area contributed by atoms with Crippen LogP contribution >= 0.6 is 0 Å². The predicted octanol–water partition coefficient (Wildman–Crippen LogP) is 3.14. The number of ether oxygens (including phenoxy) is 3. The number of carbonyl (C=O) groups excluding carboxylic acids is 2. The molecule has 0 fully saturated rings. The highest BCUT2D eigenvalue weighted by molar-refractivity contribution is 5.98. The number of esters is 1. The number of nitrogens with zero attached hydrogens (tertiary/aromatic N) is 1. The smallest absolute Gasteiger partial charge is 0.349 e. The molecular formula is C23H22N2O9. The molecule has 0 aliphatic rings. The lowest BCUT2D eigenvalue weighted by molar-refractivity contribution is -0.384. The molecule has 3 rings (SSSR count). The van der Waals surface area contributed by atoms with Gasteiger partial charge in [-0.25, -0.2) is 4.79 Å². The number of hydrogen-bond donors (Lipinski definition) is 1. The number of benzene rings is 2. The number of nitro groups is 1. The fourth-order valence-corrected chi connectivity index (χ4v) is 3.31. The molecule has 0 aliphatic heterocycles. The van der Waals surface area contributed by atoms with Crippen molar-refractivity contribution < 1.29 is 33.1 Å². The molecule has 11 nitrogen and oxygen atoms in total. The van der Waals surface area contributed by atoms with Crippen molar-refractivity contribution in [3.63, 3.8) is 0 Å². The highest BCUT2D eigenvalue weighted by atomic mass is 16.6. The van der Waals surface area contributed by atoms with Gasteiger partial charge in [0.05, 0.1) is 44.3 Å². The van der Waals surface area contributed by atoms with Crippen molar-refractivity contribution in [3.05, 3.63) is 74.1 Å². The second kappa shape index (κ2) is 10.5. The quantitative estimate of drug-likeness (QED) is 0.215. The van der Waals surface area contributed by atoms with Gasteiger partial charge in [0.2, 0.25) is 0 Å². The van der Waals surface area contributed by atoms with E-state index in [1.807, 2.05) is 0 Å². The molecule has 11 heteroatoms. The van der Waals surface area contributed by atoms with Crippen LogP contribution in [0.1, 0.15) is 35.3 Å². The summed E-state index contributed by atoms with van der Waals surface area (Å²) in [6, 6.07) is 9.29. The molecule has 0 spiro atoms. The van der Waals surface area contributed by atoms with Crippen LogP contribution in [0.2, 0.25) is 0 Å². The third kappa shape index (κ3) is 5.31. The number of rotatable bonds is 9. The van der Waals surface area contributed by atoms with Crippen LogP contribution in [0.25, 0.3) is 11.0 Å². The van der Waals surface area contributed by atoms with E-state index >= 15 is 0 Å². The van der Waals surface area contributed by atoms with Gasteiger partial charge in [0.25, 0.3) is 11.6 Å². The molecule has 0 saturated carbocycles. The number of methoxy groups -OCH3 is 2. The Morgan fingerprint density at radius 1 is 1.12 bits per heavy atom. The Bertz CT molecular complexity index is 1280. The molecule has 0 saturated heterocycles. The van der Waals surface area contributed by atoms with Gasteiger partial charge in [0.1, 0.15) is 11.3 Å². The zero-order valence-electron chi connectivity index (χ0n) is 18.7. The number of nitrogens with one attached hydrogen (secondary N) is 1. The molecule has 34 heavy (non-hydrogen) atoms. The van der Waals surface area contributed by atoms with Crippen LogP contribution in [0, 0.1) is 10.1 Å². The minimum Gasteiger partial charge on any atom is -0.497 e. The van der Waals surface area contributed by atoms with Crippen LogP contribution in [0.4, 0.5) is 5.69 Å². The SMILES string of the molecule is CCOC(=O)C[C@H](NC(=O)c1cc2cc([N+](=O)[O-])cc(OC)c2oc1=O)c1ccc(OC)cc1. The van der Waals surface area contributed by atoms with Crippen molar-refractivity contribution >= 4 is 28.5 Å². The van der Waals surface area contributed by atoms with Crippen LogP contribution < -0.4 is 20.4 Å². The third-order valence-electron chi connectivity index (χ3n) is 4.96. The van der Waals surface area contributed by atoms with Gasteiger partial charge in [-0.15, -0.1) is 0 Å². The average molecular weight is 470 g/mol. The minimum absolute atomic E-state index is 0.0216. The van der Waals surface area contributed by atoms with E-state index in [2.05, 4.69) is 5.32 Å². The molecule has 1 atom stereocenters. The molecule has 1 N–H and O–H groups in total. The van der Waals surface area contributed by atoms with Crippen LogP contribution in [0.3, 0.4) is 0 Å². The summed E-state index contributed by atoms with van der Waals surface area (Å²) in [7, 11) is 2.78. The Kier molecular flexibility index (Phi) is 7.46. The lowest BCUT2D eigenvalue weighted by Crippen LogP contribution is -2.33. The van der Waals surface area contributed by atoms with E-state index in [0.29, 0.717) is 11.3 Å². The number of hydrogen-bond acceptors (Lipinski definition) is 9. The Morgan fingerprint density at radius 3 is 2.41 bits per heavy atom. The predicted molar refractivity (Wildman–Crippen MR) is 120 cm³/mol. The highest BCUT2D eigenvalue weighted by Gasteiger charge is 2.24. The van der Waals surface area contributed by atoms with Gasteiger partial charge in [-0.3, -0.25) is 19.7 Å². The maximum Gasteiger partial charge on any atom is 0.349 e. The van der Waals surface area contributed by atoms with E-state index in [0.717, 1.165) is 12.1 Å². The number of carbonyl (C=O) groups is 2. The molecule has 0 bridgehead atoms. The van der Waals surface area contributed by atoms with Crippen molar-refractivity contribution in [3.8, 4) is 11.5 Å². The van der Waals surface area contributed by atoms with E-state index in [1.165, 1.54) is 20.3 Å². The summed E-state index contributed by atoms with van der Waals surface area (Å²) in [6.07, 6.45) is -0.190. The summed E-state index contributed by atoms with van der Waals surface area (Å²) in [6.45, 7) is 1.82. The summed E-state index contributed by atoms with van der Waals surface area (Å²) < 4.78 is 20.4. The van der Waals surface area contributed by atoms with Crippen LogP contribution in [0.15, 0.2) is 51.7 Å². The fraction of sp³-hybridized carbons (Fsp3) is 0.261. The first-order valence-electron chi connectivity index (χ1n) is 10.2. The van der Waals surface area contributed by atoms with E-state index in [9.17, 15) is 24.5 Å². The van der Waals surface area contributed by atoms with Gasteiger partial charge in [0, 0.05) is 11.5 Å². The van der Waals surface area contributed by atoms with E-state index in [4.69, 9.17) is 18.6 Å². The molecule has 2 aromatic carbocycles. The molecular weight excluding hydrogens is 448 g/mol. The van der Waals surface area contributed by atoms with Crippen molar-refractivity contribution in [1.29, 1.82) is 0 Å². The normalized spacial score (nSPS) is 11.5. The van der Waals surface area contributed by atoms with Crippen LogP contribution in [-0.4, -0.2) is 37.6 Å². The Morgan fingerprint density at radius 2 is 1.82 bits per heavy atom. The zero-order valence-corrected chi connectivity index (χ0v) is 18.7. The third-order valence-corrected chi connectivity index (χ3v) is 4.96. The summed E-state index contributed by atoms with van der Waals surface area (Å²) in [5.41, 5.74) is -1.13. The summed E-state index contributed by atoms with van der Waals surface area (Å²) >= 11 is 0. The lowest BCUT2D eigenvalue weighted by atomic mass is 10.0. The zero-order chi connectivity index (χ0) is 24.8. The first-order valence-corrected chi connectivity index (χ1v) is 10.2. The summed E-state index contributed by atoms with van der Waals surface area (Å²) in [4.78, 5) is 48.3. The van der Waals surface area contributed by atoms with Gasteiger partial charge in [-0.2, -0.15) is 0 Å². The molecule has 0 aliphatic carbocycles. The van der Waals surface area contributed by atoms with Gasteiger partial charge in [-0.05, 0) is 30.7 Å². The molecule has 178 valence electrons. The van der Waals surface area contributed by atoms with E-state index < -0.39 is 34.0 Å². The Balaban J connectivity index is 1.99. The number of amides is 1. The second-order valence-electron chi connectivity index (χ2n) is 7.08. The molecule has 0 radical (unpaired) electrons. The Hall–Kier alpha value is -4.41. The summed E-state index contributed by atoms with van der Waals surface area (Å²) in [5.74, 6) is -0.817. The first-order chi connectivity index (χ1) is 16.3. The molecule has 1 heterocycles. The van der Waals surface area contributed by atoms with Crippen LogP contribution in [-0.2, 0) is 9.53 Å². The standard InChI is InChI=1S/C23H22N2O9/c1-4-33-20(26)12-18(13-5-7-16(31-2)8-6-13)24-22(27)17-10-14-9-15(25(29)30)11-19(32-3)21(14)34-23(17)28/h5-11,18H,4,12H2,1-3H3,(H,24,27)/t18-/m0/s1. The monoisotopic (exact) mass is 470 g/mol. The largest absolute Gasteiger partial charge is 0.497 e. The van der Waals surface area contributed by atoms with Crippen LogP contribution in [0.5, 0.6) is 11.5 Å². The van der Waals surface area contributed by atoms with Gasteiger partial charge >= 0.3 is 11.6 Å². The van der Waals surface area contributed by atoms with Crippen molar-refractivity contribution in [2.45, 2.75) is 19.4 Å². The number of non-ortho nitro benzene ring substituents is 1. The number of nitro benzene ring substituents is 1. The molecule has 0 unspecified atom stereocenters. The minimum atomic E-state index is -0.971. The van der Waals surface area contributed by atoms with E-state index in [-0.39, 0.29) is 35.4 Å². The van der Waals surface area contributed by atoms with Gasteiger partial charge in [0.15, 0.2) is 11.3 Å². The van der Waals surface area contributed by atoms with Crippen molar-refractivity contribution in [2.75, 3.05) is 20.8 Å². The highest BCUT2D eigenvalue weighted by Crippen LogP contribution is 2.31. The maximum atomic E-state index is 13.0. The average Bonchev–Trinajstić information content (AvgIpc) is 2.82. The van der Waals surface area contributed by atoms with Crippen molar-refractivity contribution in [2.24, 2.45) is 0 Å². The lowest BCUT2D eigenvalue weighted by Gasteiger charge is -2.19. The fourth-order valence-electron chi connectivity index (χ4n) is 3.31.